The van der Waals surface area contributed by atoms with Gasteiger partial charge in [-0.3, -0.25) is 0 Å². The van der Waals surface area contributed by atoms with Gasteiger partial charge in [0.15, 0.2) is 0 Å². The van der Waals surface area contributed by atoms with Gasteiger partial charge in [-0.25, -0.2) is 4.79 Å². The van der Waals surface area contributed by atoms with Crippen molar-refractivity contribution in [1.29, 1.82) is 0 Å². The van der Waals surface area contributed by atoms with E-state index >= 15 is 0 Å². The van der Waals surface area contributed by atoms with E-state index in [0.717, 1.165) is 17.7 Å². The van der Waals surface area contributed by atoms with Crippen molar-refractivity contribution in [1.82, 2.24) is 10.1 Å². The van der Waals surface area contributed by atoms with Gasteiger partial charge in [0.2, 0.25) is 0 Å². The molecule has 0 bridgehead atoms. The number of nitrogens with one attached hydrogen (secondary N) is 1. The van der Waals surface area contributed by atoms with Crippen molar-refractivity contribution >= 4 is 17.8 Å². The minimum atomic E-state index is -0.127. The summed E-state index contributed by atoms with van der Waals surface area (Å²) in [4.78, 5) is 14.2. The first kappa shape index (κ1) is 20.9. The van der Waals surface area contributed by atoms with Crippen molar-refractivity contribution in [3.63, 3.8) is 0 Å². The number of carbonyl (C=O) groups excluding carboxylic acids is 1. The van der Waals surface area contributed by atoms with Gasteiger partial charge >= 0.3 is 6.03 Å². The predicted octanol–water partition coefficient (Wildman–Crippen LogP) is 4.44. The molecular weight excluding hydrogens is 370 g/mol. The van der Waals surface area contributed by atoms with Crippen LogP contribution in [0, 0.1) is 5.92 Å². The zero-order valence-electron chi connectivity index (χ0n) is 17.3. The van der Waals surface area contributed by atoms with Crippen LogP contribution in [0.1, 0.15) is 32.8 Å². The van der Waals surface area contributed by atoms with Crippen molar-refractivity contribution in [2.24, 2.45) is 5.92 Å². The van der Waals surface area contributed by atoms with Crippen molar-refractivity contribution in [2.75, 3.05) is 31.6 Å². The molecule has 7 heteroatoms. The van der Waals surface area contributed by atoms with Gasteiger partial charge in [0.1, 0.15) is 24.3 Å². The smallest absolute Gasteiger partial charge is 0.322 e. The quantitative estimate of drug-likeness (QED) is 0.697. The lowest BCUT2D eigenvalue weighted by atomic mass is 9.91. The second-order valence-electron chi connectivity index (χ2n) is 7.50. The highest BCUT2D eigenvalue weighted by Gasteiger charge is 2.24. The number of amides is 2. The summed E-state index contributed by atoms with van der Waals surface area (Å²) in [6.07, 6.45) is 6.16. The summed E-state index contributed by atoms with van der Waals surface area (Å²) in [6.45, 7) is 8.63. The summed E-state index contributed by atoms with van der Waals surface area (Å²) >= 11 is 0. The molecule has 1 aliphatic heterocycles. The molecule has 1 unspecified atom stereocenters. The number of hydrogen-bond acceptors (Lipinski definition) is 5. The van der Waals surface area contributed by atoms with Crippen molar-refractivity contribution in [2.45, 2.75) is 33.3 Å². The maximum atomic E-state index is 12.4. The molecule has 2 aromatic rings. The number of piperidine rings is 1. The highest BCUT2D eigenvalue weighted by Crippen LogP contribution is 2.26. The molecule has 3 rings (SSSR count). The number of aromatic nitrogens is 1. The largest absolute Gasteiger partial charge is 0.491 e. The van der Waals surface area contributed by atoms with E-state index in [9.17, 15) is 4.79 Å². The standard InChI is InChI=1S/C22H29N3O4/c1-16(2)27-9-10-28-21-6-4-5-18(12-21)11-19-7-8-25(14-17(19)3)22(26)24-20-13-23-29-15-20/h4-6,11-13,15-17H,7-10,14H2,1-3H3,(H,24,26). The average molecular weight is 399 g/mol. The SMILES string of the molecule is CC(C)OCCOc1cccc(C=C2CCN(C(=O)Nc3cnoc3)CC2C)c1. The molecule has 1 atom stereocenters. The van der Waals surface area contributed by atoms with E-state index < -0.39 is 0 Å². The maximum absolute atomic E-state index is 12.4. The fraction of sp³-hybridized carbons (Fsp3) is 0.455. The number of rotatable bonds is 7. The highest BCUT2D eigenvalue weighted by atomic mass is 16.5. The predicted molar refractivity (Wildman–Crippen MR) is 112 cm³/mol. The first-order valence-corrected chi connectivity index (χ1v) is 10.0. The Morgan fingerprint density at radius 1 is 1.41 bits per heavy atom. The molecule has 1 aromatic heterocycles. The van der Waals surface area contributed by atoms with Gasteiger partial charge in [-0.2, -0.15) is 0 Å². The zero-order valence-corrected chi connectivity index (χ0v) is 17.3. The second kappa shape index (κ2) is 10.1. The van der Waals surface area contributed by atoms with E-state index in [0.29, 0.717) is 32.0 Å². The van der Waals surface area contributed by atoms with E-state index in [-0.39, 0.29) is 18.1 Å². The summed E-state index contributed by atoms with van der Waals surface area (Å²) < 4.78 is 16.0. The van der Waals surface area contributed by atoms with E-state index in [2.05, 4.69) is 29.5 Å². The van der Waals surface area contributed by atoms with Crippen LogP contribution in [0.15, 0.2) is 46.8 Å². The van der Waals surface area contributed by atoms with E-state index in [4.69, 9.17) is 14.0 Å². The van der Waals surface area contributed by atoms with Crippen LogP contribution >= 0.6 is 0 Å². The number of hydrogen-bond donors (Lipinski definition) is 1. The molecule has 0 saturated carbocycles. The molecule has 1 fully saturated rings. The summed E-state index contributed by atoms with van der Waals surface area (Å²) in [7, 11) is 0. The Kier molecular flexibility index (Phi) is 7.30. The van der Waals surface area contributed by atoms with Crippen molar-refractivity contribution in [3.8, 4) is 5.75 Å². The molecule has 156 valence electrons. The Morgan fingerprint density at radius 3 is 3.00 bits per heavy atom. The van der Waals surface area contributed by atoms with E-state index in [1.807, 2.05) is 36.9 Å². The molecule has 1 saturated heterocycles. The number of anilines is 1. The third-order valence-electron chi connectivity index (χ3n) is 4.78. The first-order valence-electron chi connectivity index (χ1n) is 10.0. The van der Waals surface area contributed by atoms with Crippen molar-refractivity contribution in [3.05, 3.63) is 47.9 Å². The third-order valence-corrected chi connectivity index (χ3v) is 4.78. The van der Waals surface area contributed by atoms with Crippen LogP contribution in [0.25, 0.3) is 6.08 Å². The van der Waals surface area contributed by atoms with Crippen LogP contribution in [0.5, 0.6) is 5.75 Å². The molecule has 1 N–H and O–H groups in total. The third kappa shape index (κ3) is 6.35. The lowest BCUT2D eigenvalue weighted by molar-refractivity contribution is 0.0552. The summed E-state index contributed by atoms with van der Waals surface area (Å²) in [5.41, 5.74) is 3.01. The van der Waals surface area contributed by atoms with Crippen LogP contribution in [0.2, 0.25) is 0 Å². The normalized spacial score (nSPS) is 18.3. The number of benzene rings is 1. The lowest BCUT2D eigenvalue weighted by Gasteiger charge is -2.33. The second-order valence-corrected chi connectivity index (χ2v) is 7.50. The summed E-state index contributed by atoms with van der Waals surface area (Å²) in [5, 5.41) is 6.40. The van der Waals surface area contributed by atoms with Crippen molar-refractivity contribution < 1.29 is 18.8 Å². The number of urea groups is 1. The van der Waals surface area contributed by atoms with Crippen LogP contribution in [-0.2, 0) is 4.74 Å². The lowest BCUT2D eigenvalue weighted by Crippen LogP contribution is -2.42. The maximum Gasteiger partial charge on any atom is 0.322 e. The van der Waals surface area contributed by atoms with Gasteiger partial charge in [-0.05, 0) is 43.9 Å². The summed E-state index contributed by atoms with van der Waals surface area (Å²) in [6, 6.07) is 7.94. The minimum Gasteiger partial charge on any atom is -0.491 e. The minimum absolute atomic E-state index is 0.127. The van der Waals surface area contributed by atoms with Gasteiger partial charge in [0.05, 0.1) is 18.9 Å². The Morgan fingerprint density at radius 2 is 2.28 bits per heavy atom. The molecule has 7 nitrogen and oxygen atoms in total. The molecule has 1 aromatic carbocycles. The van der Waals surface area contributed by atoms with Crippen LogP contribution < -0.4 is 10.1 Å². The van der Waals surface area contributed by atoms with E-state index in [1.165, 1.54) is 18.0 Å². The van der Waals surface area contributed by atoms with Gasteiger partial charge < -0.3 is 24.2 Å². The average Bonchev–Trinajstić information content (AvgIpc) is 3.20. The molecule has 2 amide bonds. The van der Waals surface area contributed by atoms with E-state index in [1.54, 1.807) is 0 Å². The van der Waals surface area contributed by atoms with Gasteiger partial charge in [-0.15, -0.1) is 0 Å². The van der Waals surface area contributed by atoms with Crippen LogP contribution in [-0.4, -0.2) is 48.5 Å². The fourth-order valence-corrected chi connectivity index (χ4v) is 3.27. The van der Waals surface area contributed by atoms with Crippen LogP contribution in [0.4, 0.5) is 10.5 Å². The Labute approximate surface area is 171 Å². The number of carbonyl (C=O) groups is 1. The number of nitrogens with zero attached hydrogens (tertiary/aromatic N) is 2. The topological polar surface area (TPSA) is 76.8 Å². The Hall–Kier alpha value is -2.80. The Balaban J connectivity index is 1.54. The molecule has 0 spiro atoms. The Bertz CT molecular complexity index is 817. The number of ether oxygens (including phenoxy) is 2. The first-order chi connectivity index (χ1) is 14.0. The monoisotopic (exact) mass is 399 g/mol. The number of likely N-dealkylation sites (tertiary alicyclic amines) is 1. The molecule has 29 heavy (non-hydrogen) atoms. The summed E-state index contributed by atoms with van der Waals surface area (Å²) in [5.74, 6) is 1.12. The highest BCUT2D eigenvalue weighted by molar-refractivity contribution is 5.89. The molecule has 0 radical (unpaired) electrons. The fourth-order valence-electron chi connectivity index (χ4n) is 3.27. The van der Waals surface area contributed by atoms with Crippen LogP contribution in [0.3, 0.4) is 0 Å². The zero-order chi connectivity index (χ0) is 20.6. The molecular formula is C22H29N3O4. The van der Waals surface area contributed by atoms with Gasteiger partial charge in [0, 0.05) is 13.1 Å². The molecule has 0 aliphatic carbocycles. The molecule has 2 heterocycles. The van der Waals surface area contributed by atoms with Gasteiger partial charge in [-0.1, -0.05) is 35.9 Å². The van der Waals surface area contributed by atoms with Gasteiger partial charge in [0.25, 0.3) is 0 Å². The molecule has 1 aliphatic rings.